The van der Waals surface area contributed by atoms with E-state index < -0.39 is 0 Å². The lowest BCUT2D eigenvalue weighted by atomic mass is 10.2. The molecule has 0 fully saturated rings. The monoisotopic (exact) mass is 356 g/mol. The SMILES string of the molecule is CCNCc1ccc(Br)cc1Sc1n[nH]c(=O)n1CC. The normalized spacial score (nSPS) is 10.9. The van der Waals surface area contributed by atoms with Crippen molar-refractivity contribution in [1.29, 1.82) is 0 Å². The van der Waals surface area contributed by atoms with Gasteiger partial charge in [-0.25, -0.2) is 9.89 Å². The lowest BCUT2D eigenvalue weighted by Gasteiger charge is -2.10. The first kappa shape index (κ1) is 15.3. The van der Waals surface area contributed by atoms with E-state index in [0.717, 1.165) is 22.5 Å². The molecule has 2 N–H and O–H groups in total. The molecule has 0 atom stereocenters. The lowest BCUT2D eigenvalue weighted by molar-refractivity contribution is 0.660. The van der Waals surface area contributed by atoms with E-state index in [1.807, 2.05) is 13.0 Å². The number of hydrogen-bond donors (Lipinski definition) is 2. The average Bonchev–Trinajstić information content (AvgIpc) is 2.78. The van der Waals surface area contributed by atoms with Crippen LogP contribution in [0.15, 0.2) is 37.5 Å². The van der Waals surface area contributed by atoms with E-state index in [2.05, 4.69) is 50.5 Å². The van der Waals surface area contributed by atoms with Crippen LogP contribution in [-0.4, -0.2) is 21.3 Å². The molecule has 20 heavy (non-hydrogen) atoms. The number of hydrogen-bond acceptors (Lipinski definition) is 4. The number of nitrogens with one attached hydrogen (secondary N) is 2. The van der Waals surface area contributed by atoms with E-state index in [1.54, 1.807) is 4.57 Å². The zero-order chi connectivity index (χ0) is 14.5. The van der Waals surface area contributed by atoms with Crippen LogP contribution in [-0.2, 0) is 13.1 Å². The minimum Gasteiger partial charge on any atom is -0.313 e. The summed E-state index contributed by atoms with van der Waals surface area (Å²) in [7, 11) is 0. The van der Waals surface area contributed by atoms with Gasteiger partial charge in [0.15, 0.2) is 5.16 Å². The molecular formula is C13H17BrN4OS. The molecular weight excluding hydrogens is 340 g/mol. The van der Waals surface area contributed by atoms with Gasteiger partial charge < -0.3 is 5.32 Å². The quantitative estimate of drug-likeness (QED) is 0.834. The van der Waals surface area contributed by atoms with Crippen molar-refractivity contribution in [2.45, 2.75) is 37.0 Å². The Balaban J connectivity index is 2.31. The Morgan fingerprint density at radius 3 is 2.95 bits per heavy atom. The van der Waals surface area contributed by atoms with Crippen LogP contribution in [0.2, 0.25) is 0 Å². The van der Waals surface area contributed by atoms with Crippen LogP contribution in [0.1, 0.15) is 19.4 Å². The summed E-state index contributed by atoms with van der Waals surface area (Å²) >= 11 is 4.99. The Labute approximate surface area is 130 Å². The van der Waals surface area contributed by atoms with Crippen LogP contribution < -0.4 is 11.0 Å². The molecule has 2 aromatic rings. The second kappa shape index (κ2) is 7.10. The zero-order valence-electron chi connectivity index (χ0n) is 11.4. The van der Waals surface area contributed by atoms with Crippen LogP contribution in [0.25, 0.3) is 0 Å². The molecule has 0 radical (unpaired) electrons. The molecule has 1 aromatic carbocycles. The van der Waals surface area contributed by atoms with Crippen molar-refractivity contribution < 1.29 is 0 Å². The maximum Gasteiger partial charge on any atom is 0.343 e. The van der Waals surface area contributed by atoms with E-state index in [4.69, 9.17) is 0 Å². The summed E-state index contributed by atoms with van der Waals surface area (Å²) < 4.78 is 2.64. The van der Waals surface area contributed by atoms with Gasteiger partial charge in [0.05, 0.1) is 0 Å². The molecule has 0 aliphatic heterocycles. The molecule has 7 heteroatoms. The summed E-state index contributed by atoms with van der Waals surface area (Å²) in [6.07, 6.45) is 0. The second-order valence-electron chi connectivity index (χ2n) is 4.19. The highest BCUT2D eigenvalue weighted by Crippen LogP contribution is 2.31. The molecule has 0 spiro atoms. The van der Waals surface area contributed by atoms with Crippen LogP contribution >= 0.6 is 27.7 Å². The summed E-state index contributed by atoms with van der Waals surface area (Å²) in [6.45, 7) is 6.33. The molecule has 0 bridgehead atoms. The van der Waals surface area contributed by atoms with E-state index in [-0.39, 0.29) is 5.69 Å². The lowest BCUT2D eigenvalue weighted by Crippen LogP contribution is -2.16. The first-order valence-corrected chi connectivity index (χ1v) is 8.08. The Morgan fingerprint density at radius 2 is 2.25 bits per heavy atom. The van der Waals surface area contributed by atoms with Gasteiger partial charge in [0.1, 0.15) is 0 Å². The highest BCUT2D eigenvalue weighted by Gasteiger charge is 2.11. The van der Waals surface area contributed by atoms with Gasteiger partial charge in [0.2, 0.25) is 0 Å². The molecule has 0 unspecified atom stereocenters. The van der Waals surface area contributed by atoms with E-state index in [1.165, 1.54) is 17.3 Å². The smallest absolute Gasteiger partial charge is 0.313 e. The largest absolute Gasteiger partial charge is 0.343 e. The Hall–Kier alpha value is -1.05. The molecule has 0 amide bonds. The molecule has 2 rings (SSSR count). The van der Waals surface area contributed by atoms with Crippen molar-refractivity contribution in [3.05, 3.63) is 38.7 Å². The van der Waals surface area contributed by atoms with E-state index in [9.17, 15) is 4.79 Å². The standard InChI is InChI=1S/C13H17BrN4OS/c1-3-15-8-9-5-6-10(14)7-11(9)20-13-17-16-12(19)18(13)4-2/h5-7,15H,3-4,8H2,1-2H3,(H,16,19). The molecule has 1 aromatic heterocycles. The van der Waals surface area contributed by atoms with Crippen molar-refractivity contribution in [2.75, 3.05) is 6.54 Å². The molecule has 108 valence electrons. The fraction of sp³-hybridized carbons (Fsp3) is 0.385. The van der Waals surface area contributed by atoms with Crippen LogP contribution in [0.3, 0.4) is 0 Å². The van der Waals surface area contributed by atoms with Crippen LogP contribution in [0.5, 0.6) is 0 Å². The summed E-state index contributed by atoms with van der Waals surface area (Å²) in [5.41, 5.74) is 1.02. The molecule has 0 saturated heterocycles. The summed E-state index contributed by atoms with van der Waals surface area (Å²) in [5, 5.41) is 10.6. The fourth-order valence-electron chi connectivity index (χ4n) is 1.79. The third-order valence-electron chi connectivity index (χ3n) is 2.84. The Morgan fingerprint density at radius 1 is 1.45 bits per heavy atom. The third-order valence-corrected chi connectivity index (χ3v) is 4.42. The predicted octanol–water partition coefficient (Wildman–Crippen LogP) is 2.61. The van der Waals surface area contributed by atoms with Crippen molar-refractivity contribution in [3.63, 3.8) is 0 Å². The van der Waals surface area contributed by atoms with Gasteiger partial charge in [0.25, 0.3) is 0 Å². The zero-order valence-corrected chi connectivity index (χ0v) is 13.8. The highest BCUT2D eigenvalue weighted by atomic mass is 79.9. The maximum absolute atomic E-state index is 11.6. The summed E-state index contributed by atoms with van der Waals surface area (Å²) in [6, 6.07) is 6.15. The Kier molecular flexibility index (Phi) is 5.45. The molecule has 0 aliphatic carbocycles. The van der Waals surface area contributed by atoms with Crippen molar-refractivity contribution in [1.82, 2.24) is 20.1 Å². The van der Waals surface area contributed by atoms with Gasteiger partial charge >= 0.3 is 5.69 Å². The van der Waals surface area contributed by atoms with Gasteiger partial charge in [-0.05, 0) is 42.9 Å². The average molecular weight is 357 g/mol. The Bertz CT molecular complexity index is 638. The van der Waals surface area contributed by atoms with Gasteiger partial charge in [-0.15, -0.1) is 5.10 Å². The number of H-pyrrole nitrogens is 1. The number of aromatic amines is 1. The van der Waals surface area contributed by atoms with Gasteiger partial charge in [0, 0.05) is 22.5 Å². The first-order chi connectivity index (χ1) is 9.65. The minimum absolute atomic E-state index is 0.168. The highest BCUT2D eigenvalue weighted by molar-refractivity contribution is 9.10. The fourth-order valence-corrected chi connectivity index (χ4v) is 3.37. The summed E-state index contributed by atoms with van der Waals surface area (Å²) in [5.74, 6) is 0. The number of benzene rings is 1. The van der Waals surface area contributed by atoms with Gasteiger partial charge in [-0.3, -0.25) is 4.57 Å². The second-order valence-corrected chi connectivity index (χ2v) is 6.11. The number of nitrogens with zero attached hydrogens (tertiary/aromatic N) is 2. The van der Waals surface area contributed by atoms with Crippen LogP contribution in [0.4, 0.5) is 0 Å². The van der Waals surface area contributed by atoms with Crippen molar-refractivity contribution >= 4 is 27.7 Å². The third kappa shape index (κ3) is 3.53. The molecule has 0 aliphatic rings. The minimum atomic E-state index is -0.168. The maximum atomic E-state index is 11.6. The number of rotatable bonds is 6. The summed E-state index contributed by atoms with van der Waals surface area (Å²) in [4.78, 5) is 12.7. The predicted molar refractivity (Wildman–Crippen MR) is 84.2 cm³/mol. The van der Waals surface area contributed by atoms with Gasteiger partial charge in [-0.1, -0.05) is 28.9 Å². The van der Waals surface area contributed by atoms with E-state index >= 15 is 0 Å². The molecule has 0 saturated carbocycles. The topological polar surface area (TPSA) is 62.7 Å². The van der Waals surface area contributed by atoms with Gasteiger partial charge in [-0.2, -0.15) is 0 Å². The van der Waals surface area contributed by atoms with Crippen molar-refractivity contribution in [3.8, 4) is 0 Å². The molecule has 5 nitrogen and oxygen atoms in total. The number of halogens is 1. The van der Waals surface area contributed by atoms with Crippen LogP contribution in [0, 0.1) is 0 Å². The number of aromatic nitrogens is 3. The van der Waals surface area contributed by atoms with Crippen molar-refractivity contribution in [2.24, 2.45) is 0 Å². The molecule has 1 heterocycles. The first-order valence-electron chi connectivity index (χ1n) is 6.47. The van der Waals surface area contributed by atoms with E-state index in [0.29, 0.717) is 11.7 Å².